The van der Waals surface area contributed by atoms with Crippen LogP contribution in [-0.2, 0) is 11.2 Å². The number of para-hydroxylation sites is 1. The first-order valence-electron chi connectivity index (χ1n) is 9.92. The molecule has 2 aromatic rings. The summed E-state index contributed by atoms with van der Waals surface area (Å²) in [4.78, 5) is 19.2. The fourth-order valence-corrected chi connectivity index (χ4v) is 4.64. The minimum atomic E-state index is 0.186. The molecular weight excluding hydrogens is 393 g/mol. The van der Waals surface area contributed by atoms with Gasteiger partial charge in [0.25, 0.3) is 0 Å². The van der Waals surface area contributed by atoms with E-state index in [1.807, 2.05) is 35.2 Å². The number of aryl methyl sites for hydroxylation is 1. The second-order valence-corrected chi connectivity index (χ2v) is 8.30. The molecule has 1 amide bonds. The third-order valence-electron chi connectivity index (χ3n) is 5.65. The van der Waals surface area contributed by atoms with Crippen LogP contribution in [0.1, 0.15) is 18.4 Å². The van der Waals surface area contributed by atoms with Crippen LogP contribution >= 0.6 is 23.2 Å². The number of hydrogen-bond acceptors (Lipinski definition) is 3. The highest BCUT2D eigenvalue weighted by atomic mass is 35.5. The number of amides is 1. The molecule has 0 atom stereocenters. The second kappa shape index (κ2) is 8.73. The highest BCUT2D eigenvalue weighted by Gasteiger charge is 2.26. The number of fused-ring (bicyclic) bond motifs is 1. The fourth-order valence-electron chi connectivity index (χ4n) is 4.16. The van der Waals surface area contributed by atoms with Gasteiger partial charge in [0.1, 0.15) is 0 Å². The number of anilines is 2. The van der Waals surface area contributed by atoms with Gasteiger partial charge in [0, 0.05) is 49.9 Å². The smallest absolute Gasteiger partial charge is 0.227 e. The molecule has 6 heteroatoms. The summed E-state index contributed by atoms with van der Waals surface area (Å²) in [6.45, 7) is 5.77. The predicted molar refractivity (Wildman–Crippen MR) is 117 cm³/mol. The molecular formula is C22H25Cl2N3O. The third kappa shape index (κ3) is 4.29. The van der Waals surface area contributed by atoms with Gasteiger partial charge in [-0.15, -0.1) is 0 Å². The zero-order chi connectivity index (χ0) is 19.5. The van der Waals surface area contributed by atoms with Crippen LogP contribution in [0.15, 0.2) is 42.5 Å². The van der Waals surface area contributed by atoms with Crippen molar-refractivity contribution in [2.75, 3.05) is 49.1 Å². The van der Waals surface area contributed by atoms with Crippen molar-refractivity contribution in [3.8, 4) is 0 Å². The Bertz CT molecular complexity index is 849. The Balaban J connectivity index is 1.29. The highest BCUT2D eigenvalue weighted by Crippen LogP contribution is 2.34. The quantitative estimate of drug-likeness (QED) is 0.716. The standard InChI is InChI=1S/C22H25Cl2N3O/c23-18-5-2-6-19(16-18)26-14-12-25(13-15-26)10-3-11-27-21(28)9-8-17-4-1-7-20(24)22(17)27/h1-2,4-7,16H,3,8-15H2. The van der Waals surface area contributed by atoms with Crippen LogP contribution in [0.5, 0.6) is 0 Å². The summed E-state index contributed by atoms with van der Waals surface area (Å²) >= 11 is 12.5. The van der Waals surface area contributed by atoms with E-state index in [1.165, 1.54) is 11.3 Å². The molecule has 28 heavy (non-hydrogen) atoms. The normalized spacial score (nSPS) is 17.7. The van der Waals surface area contributed by atoms with Gasteiger partial charge in [-0.05, 0) is 49.2 Å². The topological polar surface area (TPSA) is 26.8 Å². The van der Waals surface area contributed by atoms with Crippen molar-refractivity contribution in [2.24, 2.45) is 0 Å². The van der Waals surface area contributed by atoms with Crippen LogP contribution in [0.3, 0.4) is 0 Å². The van der Waals surface area contributed by atoms with Gasteiger partial charge in [-0.3, -0.25) is 9.69 Å². The van der Waals surface area contributed by atoms with Crippen LogP contribution in [0.2, 0.25) is 10.0 Å². The van der Waals surface area contributed by atoms with Crippen molar-refractivity contribution in [1.29, 1.82) is 0 Å². The zero-order valence-electron chi connectivity index (χ0n) is 15.9. The van der Waals surface area contributed by atoms with E-state index in [-0.39, 0.29) is 5.91 Å². The molecule has 0 N–H and O–H groups in total. The molecule has 1 fully saturated rings. The molecule has 0 aromatic heterocycles. The largest absolute Gasteiger partial charge is 0.369 e. The van der Waals surface area contributed by atoms with Gasteiger partial charge in [0.05, 0.1) is 10.7 Å². The first kappa shape index (κ1) is 19.6. The first-order valence-corrected chi connectivity index (χ1v) is 10.7. The molecule has 1 saturated heterocycles. The highest BCUT2D eigenvalue weighted by molar-refractivity contribution is 6.34. The van der Waals surface area contributed by atoms with Gasteiger partial charge >= 0.3 is 0 Å². The molecule has 0 bridgehead atoms. The molecule has 0 unspecified atom stereocenters. The van der Waals surface area contributed by atoms with E-state index >= 15 is 0 Å². The zero-order valence-corrected chi connectivity index (χ0v) is 17.4. The monoisotopic (exact) mass is 417 g/mol. The molecule has 0 aliphatic carbocycles. The van der Waals surface area contributed by atoms with E-state index in [4.69, 9.17) is 23.2 Å². The first-order chi connectivity index (χ1) is 13.6. The lowest BCUT2D eigenvalue weighted by molar-refractivity contribution is -0.118. The summed E-state index contributed by atoms with van der Waals surface area (Å²) < 4.78 is 0. The van der Waals surface area contributed by atoms with Gasteiger partial charge in [-0.2, -0.15) is 0 Å². The Hall–Kier alpha value is -1.75. The number of carbonyl (C=O) groups excluding carboxylic acids is 1. The Kier molecular flexibility index (Phi) is 6.10. The summed E-state index contributed by atoms with van der Waals surface area (Å²) in [6, 6.07) is 14.0. The molecule has 2 aliphatic rings. The number of piperazine rings is 1. The minimum absolute atomic E-state index is 0.186. The number of rotatable bonds is 5. The number of benzene rings is 2. The van der Waals surface area contributed by atoms with Crippen LogP contribution in [0, 0.1) is 0 Å². The summed E-state index contributed by atoms with van der Waals surface area (Å²) in [5.74, 6) is 0.186. The number of hydrogen-bond donors (Lipinski definition) is 0. The van der Waals surface area contributed by atoms with E-state index in [1.54, 1.807) is 0 Å². The van der Waals surface area contributed by atoms with E-state index in [0.717, 1.165) is 62.8 Å². The predicted octanol–water partition coefficient (Wildman–Crippen LogP) is 4.48. The summed E-state index contributed by atoms with van der Waals surface area (Å²) in [7, 11) is 0. The average Bonchev–Trinajstić information content (AvgIpc) is 2.70. The minimum Gasteiger partial charge on any atom is -0.369 e. The molecule has 0 radical (unpaired) electrons. The van der Waals surface area contributed by atoms with Crippen molar-refractivity contribution in [3.63, 3.8) is 0 Å². The van der Waals surface area contributed by atoms with Crippen LogP contribution in [0.4, 0.5) is 11.4 Å². The molecule has 2 heterocycles. The Labute approximate surface area is 176 Å². The van der Waals surface area contributed by atoms with E-state index in [2.05, 4.69) is 21.9 Å². The van der Waals surface area contributed by atoms with Crippen molar-refractivity contribution in [2.45, 2.75) is 19.3 Å². The molecule has 4 rings (SSSR count). The van der Waals surface area contributed by atoms with Crippen molar-refractivity contribution >= 4 is 40.5 Å². The number of carbonyl (C=O) groups is 1. The van der Waals surface area contributed by atoms with Gasteiger partial charge in [0.2, 0.25) is 5.91 Å². The van der Waals surface area contributed by atoms with E-state index in [9.17, 15) is 4.79 Å². The van der Waals surface area contributed by atoms with Crippen LogP contribution in [-0.4, -0.2) is 50.1 Å². The second-order valence-electron chi connectivity index (χ2n) is 7.46. The van der Waals surface area contributed by atoms with Crippen molar-refractivity contribution in [3.05, 3.63) is 58.1 Å². The van der Waals surface area contributed by atoms with Crippen LogP contribution < -0.4 is 9.80 Å². The van der Waals surface area contributed by atoms with Gasteiger partial charge in [0.15, 0.2) is 0 Å². The average molecular weight is 418 g/mol. The maximum absolute atomic E-state index is 12.5. The van der Waals surface area contributed by atoms with Crippen molar-refractivity contribution < 1.29 is 4.79 Å². The maximum Gasteiger partial charge on any atom is 0.227 e. The number of halogens is 2. The summed E-state index contributed by atoms with van der Waals surface area (Å²) in [5, 5.41) is 1.46. The Morgan fingerprint density at radius 3 is 2.46 bits per heavy atom. The van der Waals surface area contributed by atoms with Gasteiger partial charge in [-0.1, -0.05) is 41.4 Å². The van der Waals surface area contributed by atoms with Crippen molar-refractivity contribution in [1.82, 2.24) is 4.90 Å². The summed E-state index contributed by atoms with van der Waals surface area (Å²) in [6.07, 6.45) is 2.32. The lowest BCUT2D eigenvalue weighted by Gasteiger charge is -2.37. The van der Waals surface area contributed by atoms with Gasteiger partial charge < -0.3 is 9.80 Å². The summed E-state index contributed by atoms with van der Waals surface area (Å²) in [5.41, 5.74) is 3.30. The molecule has 2 aliphatic heterocycles. The number of nitrogens with zero attached hydrogens (tertiary/aromatic N) is 3. The fraction of sp³-hybridized carbons (Fsp3) is 0.409. The van der Waals surface area contributed by atoms with E-state index in [0.29, 0.717) is 11.4 Å². The molecule has 0 spiro atoms. The molecule has 148 valence electrons. The molecule has 4 nitrogen and oxygen atoms in total. The lowest BCUT2D eigenvalue weighted by Crippen LogP contribution is -2.47. The van der Waals surface area contributed by atoms with Crippen LogP contribution in [0.25, 0.3) is 0 Å². The molecule has 2 aromatic carbocycles. The third-order valence-corrected chi connectivity index (χ3v) is 6.19. The maximum atomic E-state index is 12.5. The van der Waals surface area contributed by atoms with Gasteiger partial charge in [-0.25, -0.2) is 0 Å². The Morgan fingerprint density at radius 2 is 1.68 bits per heavy atom. The molecule has 0 saturated carbocycles. The lowest BCUT2D eigenvalue weighted by atomic mass is 10.0. The Morgan fingerprint density at radius 1 is 0.893 bits per heavy atom. The van der Waals surface area contributed by atoms with E-state index < -0.39 is 0 Å². The SMILES string of the molecule is O=C1CCc2cccc(Cl)c2N1CCCN1CCN(c2cccc(Cl)c2)CC1.